The monoisotopic (exact) mass is 464 g/mol. The van der Waals surface area contributed by atoms with Gasteiger partial charge in [0.15, 0.2) is 0 Å². The van der Waals surface area contributed by atoms with Crippen molar-refractivity contribution in [3.05, 3.63) is 64.7 Å². The van der Waals surface area contributed by atoms with Crippen molar-refractivity contribution in [3.8, 4) is 5.75 Å². The molecule has 1 amide bonds. The Labute approximate surface area is 189 Å². The van der Waals surface area contributed by atoms with Crippen LogP contribution in [0.2, 0.25) is 5.02 Å². The van der Waals surface area contributed by atoms with Gasteiger partial charge in [-0.15, -0.1) is 0 Å². The Morgan fingerprint density at radius 1 is 1.16 bits per heavy atom. The molecular weight excluding hydrogens is 436 g/mol. The second kappa shape index (κ2) is 10.5. The largest absolute Gasteiger partial charge is 0.497 e. The highest BCUT2D eigenvalue weighted by molar-refractivity contribution is 7.88. The molecule has 0 aromatic heterocycles. The molecule has 1 atom stereocenters. The molecule has 8 heteroatoms. The number of sulfonamides is 1. The van der Waals surface area contributed by atoms with Crippen LogP contribution in [0.3, 0.4) is 0 Å². The van der Waals surface area contributed by atoms with E-state index in [4.69, 9.17) is 16.3 Å². The van der Waals surface area contributed by atoms with Crippen molar-refractivity contribution < 1.29 is 17.9 Å². The van der Waals surface area contributed by atoms with Crippen LogP contribution in [0.25, 0.3) is 0 Å². The third-order valence-corrected chi connectivity index (χ3v) is 7.95. The Bertz CT molecular complexity index is 987. The number of benzene rings is 2. The number of methoxy groups -OCH3 is 1. The van der Waals surface area contributed by atoms with Crippen LogP contribution in [0.1, 0.15) is 43.4 Å². The first-order valence-corrected chi connectivity index (χ1v) is 12.5. The number of halogens is 1. The summed E-state index contributed by atoms with van der Waals surface area (Å²) in [5.74, 6) is 0.430. The molecule has 6 nitrogen and oxygen atoms in total. The highest BCUT2D eigenvalue weighted by atomic mass is 35.5. The molecular formula is C23H29ClN2O4S. The summed E-state index contributed by atoms with van der Waals surface area (Å²) in [7, 11) is -1.86. The Balaban J connectivity index is 1.56. The summed E-state index contributed by atoms with van der Waals surface area (Å²) in [4.78, 5) is 12.8. The molecule has 0 saturated carbocycles. The lowest BCUT2D eigenvalue weighted by Crippen LogP contribution is -2.44. The van der Waals surface area contributed by atoms with Crippen LogP contribution in [-0.2, 0) is 20.6 Å². The van der Waals surface area contributed by atoms with E-state index in [2.05, 4.69) is 5.32 Å². The zero-order valence-electron chi connectivity index (χ0n) is 17.9. The second-order valence-corrected chi connectivity index (χ2v) is 10.1. The van der Waals surface area contributed by atoms with Gasteiger partial charge >= 0.3 is 0 Å². The maximum atomic E-state index is 12.8. The van der Waals surface area contributed by atoms with Gasteiger partial charge in [-0.2, -0.15) is 0 Å². The summed E-state index contributed by atoms with van der Waals surface area (Å²) in [5.41, 5.74) is 1.62. The molecule has 1 N–H and O–H groups in total. The summed E-state index contributed by atoms with van der Waals surface area (Å²) < 4.78 is 32.3. The number of nitrogens with one attached hydrogen (secondary N) is 1. The standard InChI is InChI=1S/C23H29ClN2O4S/c1-3-22(17-8-10-20(30-2)11-9-17)25-23(27)18-12-14-26(15-13-18)31(28,29)16-19-6-4-5-7-21(19)24/h4-11,18,22H,3,12-16H2,1-2H3,(H,25,27). The van der Waals surface area contributed by atoms with Gasteiger partial charge in [0.1, 0.15) is 5.75 Å². The fourth-order valence-corrected chi connectivity index (χ4v) is 5.72. The molecule has 168 valence electrons. The van der Waals surface area contributed by atoms with Gasteiger partial charge in [-0.1, -0.05) is 48.9 Å². The minimum absolute atomic E-state index is 0.0224. The summed E-state index contributed by atoms with van der Waals surface area (Å²) in [6, 6.07) is 14.6. The molecule has 0 radical (unpaired) electrons. The van der Waals surface area contributed by atoms with E-state index < -0.39 is 10.0 Å². The van der Waals surface area contributed by atoms with Crippen molar-refractivity contribution in [2.45, 2.75) is 38.0 Å². The van der Waals surface area contributed by atoms with Gasteiger partial charge in [0.2, 0.25) is 15.9 Å². The first kappa shape index (κ1) is 23.6. The summed E-state index contributed by atoms with van der Waals surface area (Å²) in [6.07, 6.45) is 1.78. The minimum atomic E-state index is -3.48. The fourth-order valence-electron chi connectivity index (χ4n) is 3.85. The predicted molar refractivity (Wildman–Crippen MR) is 123 cm³/mol. The number of carbonyl (C=O) groups excluding carboxylic acids is 1. The van der Waals surface area contributed by atoms with E-state index in [1.165, 1.54) is 4.31 Å². The average Bonchev–Trinajstić information content (AvgIpc) is 2.79. The zero-order chi connectivity index (χ0) is 22.4. The van der Waals surface area contributed by atoms with Crippen LogP contribution < -0.4 is 10.1 Å². The molecule has 0 spiro atoms. The molecule has 0 aliphatic carbocycles. The van der Waals surface area contributed by atoms with Crippen LogP contribution in [-0.4, -0.2) is 38.8 Å². The van der Waals surface area contributed by atoms with E-state index in [0.717, 1.165) is 17.7 Å². The first-order valence-electron chi connectivity index (χ1n) is 10.5. The van der Waals surface area contributed by atoms with Gasteiger partial charge < -0.3 is 10.1 Å². The maximum Gasteiger partial charge on any atom is 0.223 e. The lowest BCUT2D eigenvalue weighted by Gasteiger charge is -2.31. The molecule has 1 aliphatic rings. The maximum absolute atomic E-state index is 12.8. The van der Waals surface area contributed by atoms with Crippen LogP contribution in [0.5, 0.6) is 5.75 Å². The zero-order valence-corrected chi connectivity index (χ0v) is 19.5. The quantitative estimate of drug-likeness (QED) is 0.636. The van der Waals surface area contributed by atoms with Gasteiger partial charge in [0, 0.05) is 24.0 Å². The Morgan fingerprint density at radius 2 is 1.81 bits per heavy atom. The van der Waals surface area contributed by atoms with Crippen molar-refractivity contribution in [1.29, 1.82) is 0 Å². The third-order valence-electron chi connectivity index (χ3n) is 5.76. The number of ether oxygens (including phenoxy) is 1. The number of nitrogens with zero attached hydrogens (tertiary/aromatic N) is 1. The van der Waals surface area contributed by atoms with Crippen molar-refractivity contribution >= 4 is 27.5 Å². The summed E-state index contributed by atoms with van der Waals surface area (Å²) >= 11 is 6.12. The number of hydrogen-bond acceptors (Lipinski definition) is 4. The number of hydrogen-bond donors (Lipinski definition) is 1. The fraction of sp³-hybridized carbons (Fsp3) is 0.435. The van der Waals surface area contributed by atoms with Crippen LogP contribution >= 0.6 is 11.6 Å². The van der Waals surface area contributed by atoms with Crippen molar-refractivity contribution in [1.82, 2.24) is 9.62 Å². The highest BCUT2D eigenvalue weighted by Gasteiger charge is 2.32. The minimum Gasteiger partial charge on any atom is -0.497 e. The lowest BCUT2D eigenvalue weighted by molar-refractivity contribution is -0.126. The van der Waals surface area contributed by atoms with Crippen LogP contribution in [0.15, 0.2) is 48.5 Å². The van der Waals surface area contributed by atoms with Gasteiger partial charge in [0.05, 0.1) is 18.9 Å². The van der Waals surface area contributed by atoms with E-state index in [0.29, 0.717) is 36.5 Å². The molecule has 1 aliphatic heterocycles. The lowest BCUT2D eigenvalue weighted by atomic mass is 9.95. The van der Waals surface area contributed by atoms with Crippen molar-refractivity contribution in [2.75, 3.05) is 20.2 Å². The van der Waals surface area contributed by atoms with Crippen LogP contribution in [0, 0.1) is 5.92 Å². The van der Waals surface area contributed by atoms with E-state index in [1.54, 1.807) is 31.4 Å². The Morgan fingerprint density at radius 3 is 2.39 bits per heavy atom. The van der Waals surface area contributed by atoms with Gasteiger partial charge in [-0.25, -0.2) is 12.7 Å². The molecule has 1 heterocycles. The number of amides is 1. The Hall–Kier alpha value is -2.09. The molecule has 2 aromatic rings. The topological polar surface area (TPSA) is 75.7 Å². The molecule has 0 bridgehead atoms. The molecule has 31 heavy (non-hydrogen) atoms. The van der Waals surface area contributed by atoms with E-state index in [9.17, 15) is 13.2 Å². The number of piperidine rings is 1. The van der Waals surface area contributed by atoms with Gasteiger partial charge in [-0.3, -0.25) is 4.79 Å². The average molecular weight is 465 g/mol. The summed E-state index contributed by atoms with van der Waals surface area (Å²) in [5, 5.41) is 3.57. The summed E-state index contributed by atoms with van der Waals surface area (Å²) in [6.45, 7) is 2.70. The Kier molecular flexibility index (Phi) is 7.97. The highest BCUT2D eigenvalue weighted by Crippen LogP contribution is 2.26. The molecule has 1 saturated heterocycles. The molecule has 1 fully saturated rings. The molecule has 3 rings (SSSR count). The second-order valence-electron chi connectivity index (χ2n) is 7.76. The van der Waals surface area contributed by atoms with Gasteiger partial charge in [-0.05, 0) is 48.6 Å². The first-order chi connectivity index (χ1) is 14.8. The van der Waals surface area contributed by atoms with E-state index in [-0.39, 0.29) is 23.6 Å². The van der Waals surface area contributed by atoms with Crippen molar-refractivity contribution in [2.24, 2.45) is 5.92 Å². The molecule has 2 aromatic carbocycles. The van der Waals surface area contributed by atoms with Crippen molar-refractivity contribution in [3.63, 3.8) is 0 Å². The number of rotatable bonds is 8. The smallest absolute Gasteiger partial charge is 0.223 e. The molecule has 1 unspecified atom stereocenters. The predicted octanol–water partition coefficient (Wildman–Crippen LogP) is 4.16. The van der Waals surface area contributed by atoms with E-state index >= 15 is 0 Å². The van der Waals surface area contributed by atoms with E-state index in [1.807, 2.05) is 31.2 Å². The number of carbonyl (C=O) groups is 1. The third kappa shape index (κ3) is 5.99. The van der Waals surface area contributed by atoms with Crippen LogP contribution in [0.4, 0.5) is 0 Å². The SMILES string of the molecule is CCC(NC(=O)C1CCN(S(=O)(=O)Cc2ccccc2Cl)CC1)c1ccc(OC)cc1. The normalized spacial score (nSPS) is 16.6. The van der Waals surface area contributed by atoms with Gasteiger partial charge in [0.25, 0.3) is 0 Å².